The third kappa shape index (κ3) is 5.06. The zero-order chi connectivity index (χ0) is 15.1. The zero-order valence-corrected chi connectivity index (χ0v) is 12.0. The lowest BCUT2D eigenvalue weighted by Crippen LogP contribution is -2.46. The van der Waals surface area contributed by atoms with Crippen LogP contribution in [0.15, 0.2) is 24.5 Å². The van der Waals surface area contributed by atoms with E-state index in [1.54, 1.807) is 17.3 Å². The molecule has 0 bridgehead atoms. The maximum absolute atomic E-state index is 12.1. The van der Waals surface area contributed by atoms with E-state index in [1.165, 1.54) is 0 Å². The Hall–Kier alpha value is -2.11. The molecule has 1 saturated heterocycles. The van der Waals surface area contributed by atoms with E-state index in [-0.39, 0.29) is 18.4 Å². The van der Waals surface area contributed by atoms with Crippen molar-refractivity contribution >= 4 is 12.0 Å². The number of nitrogens with zero attached hydrogens (tertiary/aromatic N) is 2. The van der Waals surface area contributed by atoms with Crippen molar-refractivity contribution in [3.63, 3.8) is 0 Å². The number of carbonyl (C=O) groups is 2. The number of piperidine rings is 1. The summed E-state index contributed by atoms with van der Waals surface area (Å²) in [7, 11) is 0. The average molecular weight is 291 g/mol. The molecule has 0 aromatic carbocycles. The summed E-state index contributed by atoms with van der Waals surface area (Å²) in [6.45, 7) is 1.81. The van der Waals surface area contributed by atoms with Gasteiger partial charge < -0.3 is 15.3 Å². The summed E-state index contributed by atoms with van der Waals surface area (Å²) in [5, 5.41) is 11.7. The number of hydrogen-bond donors (Lipinski definition) is 2. The highest BCUT2D eigenvalue weighted by Gasteiger charge is 2.24. The van der Waals surface area contributed by atoms with Crippen LogP contribution in [0, 0.1) is 5.92 Å². The first kappa shape index (κ1) is 15.3. The molecule has 6 nitrogen and oxygen atoms in total. The fourth-order valence-corrected chi connectivity index (χ4v) is 2.64. The van der Waals surface area contributed by atoms with Gasteiger partial charge in [0.05, 0.1) is 0 Å². The molecule has 1 aliphatic heterocycles. The van der Waals surface area contributed by atoms with Crippen molar-refractivity contribution < 1.29 is 14.7 Å². The van der Waals surface area contributed by atoms with Gasteiger partial charge in [0.2, 0.25) is 0 Å². The van der Waals surface area contributed by atoms with Gasteiger partial charge in [-0.15, -0.1) is 0 Å². The fraction of sp³-hybridized carbons (Fsp3) is 0.533. The minimum absolute atomic E-state index is 0.0715. The molecule has 1 fully saturated rings. The van der Waals surface area contributed by atoms with Gasteiger partial charge in [-0.25, -0.2) is 4.79 Å². The Morgan fingerprint density at radius 1 is 1.38 bits per heavy atom. The number of amides is 2. The fourth-order valence-electron chi connectivity index (χ4n) is 2.64. The first-order valence-corrected chi connectivity index (χ1v) is 7.28. The molecular weight excluding hydrogens is 270 g/mol. The van der Waals surface area contributed by atoms with Crippen molar-refractivity contribution in [1.82, 2.24) is 15.2 Å². The first-order valence-electron chi connectivity index (χ1n) is 7.28. The highest BCUT2D eigenvalue weighted by molar-refractivity contribution is 5.74. The van der Waals surface area contributed by atoms with Crippen LogP contribution < -0.4 is 5.32 Å². The standard InChI is InChI=1S/C15H21N3O3/c19-14(20)10-13-2-1-9-18(11-13)15(21)17-8-5-12-3-6-16-7-4-12/h3-4,6-7,13H,1-2,5,8-11H2,(H,17,21)(H,19,20). The van der Waals surface area contributed by atoms with Crippen molar-refractivity contribution in [3.8, 4) is 0 Å². The van der Waals surface area contributed by atoms with Crippen LogP contribution in [0.1, 0.15) is 24.8 Å². The Morgan fingerprint density at radius 2 is 2.14 bits per heavy atom. The summed E-state index contributed by atoms with van der Waals surface area (Å²) >= 11 is 0. The molecule has 1 aliphatic rings. The van der Waals surface area contributed by atoms with Gasteiger partial charge in [0.1, 0.15) is 0 Å². The number of carboxylic acids is 1. The second-order valence-electron chi connectivity index (χ2n) is 5.39. The lowest BCUT2D eigenvalue weighted by atomic mass is 9.95. The average Bonchev–Trinajstić information content (AvgIpc) is 2.48. The number of aromatic nitrogens is 1. The van der Waals surface area contributed by atoms with E-state index in [0.717, 1.165) is 24.8 Å². The van der Waals surface area contributed by atoms with E-state index >= 15 is 0 Å². The van der Waals surface area contributed by atoms with E-state index in [2.05, 4.69) is 10.3 Å². The molecule has 114 valence electrons. The van der Waals surface area contributed by atoms with Crippen molar-refractivity contribution in [2.45, 2.75) is 25.7 Å². The number of pyridine rings is 1. The summed E-state index contributed by atoms with van der Waals surface area (Å²) in [5.41, 5.74) is 1.13. The molecule has 1 aromatic heterocycles. The van der Waals surface area contributed by atoms with Crippen molar-refractivity contribution in [2.24, 2.45) is 5.92 Å². The maximum Gasteiger partial charge on any atom is 0.317 e. The predicted octanol–water partition coefficient (Wildman–Crippen LogP) is 1.52. The van der Waals surface area contributed by atoms with Crippen molar-refractivity contribution in [1.29, 1.82) is 0 Å². The molecule has 0 saturated carbocycles. The van der Waals surface area contributed by atoms with E-state index < -0.39 is 5.97 Å². The van der Waals surface area contributed by atoms with Gasteiger partial charge in [-0.1, -0.05) is 0 Å². The molecule has 2 N–H and O–H groups in total. The largest absolute Gasteiger partial charge is 0.481 e. The van der Waals surface area contributed by atoms with E-state index in [0.29, 0.717) is 19.6 Å². The second-order valence-corrected chi connectivity index (χ2v) is 5.39. The van der Waals surface area contributed by atoms with Gasteiger partial charge in [0.25, 0.3) is 0 Å². The number of rotatable bonds is 5. The topological polar surface area (TPSA) is 82.5 Å². The lowest BCUT2D eigenvalue weighted by Gasteiger charge is -2.32. The quantitative estimate of drug-likeness (QED) is 0.861. The van der Waals surface area contributed by atoms with E-state index in [9.17, 15) is 9.59 Å². The summed E-state index contributed by atoms with van der Waals surface area (Å²) in [6, 6.07) is 3.76. The minimum atomic E-state index is -0.792. The lowest BCUT2D eigenvalue weighted by molar-refractivity contribution is -0.138. The highest BCUT2D eigenvalue weighted by atomic mass is 16.4. The van der Waals surface area contributed by atoms with Crippen LogP contribution in [0.5, 0.6) is 0 Å². The number of carbonyl (C=O) groups excluding carboxylic acids is 1. The number of urea groups is 1. The Kier molecular flexibility index (Phi) is 5.54. The van der Waals surface area contributed by atoms with Crippen LogP contribution >= 0.6 is 0 Å². The normalized spacial score (nSPS) is 18.3. The molecular formula is C15H21N3O3. The number of likely N-dealkylation sites (tertiary alicyclic amines) is 1. The number of nitrogens with one attached hydrogen (secondary N) is 1. The third-order valence-electron chi connectivity index (χ3n) is 3.71. The van der Waals surface area contributed by atoms with Gasteiger partial charge in [0.15, 0.2) is 0 Å². The summed E-state index contributed by atoms with van der Waals surface area (Å²) in [5.74, 6) is -0.720. The molecule has 21 heavy (non-hydrogen) atoms. The number of carboxylic acid groups (broad SMARTS) is 1. The predicted molar refractivity (Wildman–Crippen MR) is 77.9 cm³/mol. The Balaban J connectivity index is 1.73. The second kappa shape index (κ2) is 7.61. The highest BCUT2D eigenvalue weighted by Crippen LogP contribution is 2.19. The molecule has 0 radical (unpaired) electrons. The van der Waals surface area contributed by atoms with Crippen LogP contribution in [0.3, 0.4) is 0 Å². The van der Waals surface area contributed by atoms with Gasteiger partial charge in [-0.2, -0.15) is 0 Å². The smallest absolute Gasteiger partial charge is 0.317 e. The molecule has 2 amide bonds. The van der Waals surface area contributed by atoms with Crippen molar-refractivity contribution in [3.05, 3.63) is 30.1 Å². The molecule has 1 aromatic rings. The number of hydrogen-bond acceptors (Lipinski definition) is 3. The summed E-state index contributed by atoms with van der Waals surface area (Å²) in [6.07, 6.45) is 6.13. The molecule has 2 rings (SSSR count). The number of aliphatic carboxylic acids is 1. The third-order valence-corrected chi connectivity index (χ3v) is 3.71. The molecule has 0 spiro atoms. The summed E-state index contributed by atoms with van der Waals surface area (Å²) in [4.78, 5) is 28.5. The molecule has 1 atom stereocenters. The van der Waals surface area contributed by atoms with Crippen LogP contribution in [-0.2, 0) is 11.2 Å². The maximum atomic E-state index is 12.1. The van der Waals surface area contributed by atoms with Crippen LogP contribution in [0.4, 0.5) is 4.79 Å². The Labute approximate surface area is 124 Å². The van der Waals surface area contributed by atoms with E-state index in [1.807, 2.05) is 12.1 Å². The molecule has 1 unspecified atom stereocenters. The van der Waals surface area contributed by atoms with Gasteiger partial charge >= 0.3 is 12.0 Å². The van der Waals surface area contributed by atoms with Gasteiger partial charge in [0, 0.05) is 38.4 Å². The van der Waals surface area contributed by atoms with Crippen molar-refractivity contribution in [2.75, 3.05) is 19.6 Å². The van der Waals surface area contributed by atoms with Crippen LogP contribution in [0.25, 0.3) is 0 Å². The minimum Gasteiger partial charge on any atom is -0.481 e. The molecule has 2 heterocycles. The summed E-state index contributed by atoms with van der Waals surface area (Å²) < 4.78 is 0. The molecule has 0 aliphatic carbocycles. The SMILES string of the molecule is O=C(O)CC1CCCN(C(=O)NCCc2ccncc2)C1. The van der Waals surface area contributed by atoms with E-state index in [4.69, 9.17) is 5.11 Å². The molecule has 6 heteroatoms. The Morgan fingerprint density at radius 3 is 2.86 bits per heavy atom. The van der Waals surface area contributed by atoms with Gasteiger partial charge in [-0.3, -0.25) is 9.78 Å². The Bertz CT molecular complexity index is 478. The zero-order valence-electron chi connectivity index (χ0n) is 12.0. The van der Waals surface area contributed by atoms with Crippen LogP contribution in [0.2, 0.25) is 0 Å². The monoisotopic (exact) mass is 291 g/mol. The van der Waals surface area contributed by atoms with Gasteiger partial charge in [-0.05, 0) is 42.9 Å². The first-order chi connectivity index (χ1) is 10.1. The van der Waals surface area contributed by atoms with Crippen LogP contribution in [-0.4, -0.2) is 46.6 Å².